The van der Waals surface area contributed by atoms with E-state index in [0.717, 1.165) is 25.3 Å². The lowest BCUT2D eigenvalue weighted by Crippen LogP contribution is -2.55. The van der Waals surface area contributed by atoms with Crippen molar-refractivity contribution < 1.29 is 14.3 Å². The predicted molar refractivity (Wildman–Crippen MR) is 103 cm³/mol. The number of aryl methyl sites for hydroxylation is 1. The number of likely N-dealkylation sites (N-methyl/N-ethyl adjacent to an activating group) is 1. The van der Waals surface area contributed by atoms with E-state index in [0.29, 0.717) is 32.8 Å². The fourth-order valence-electron chi connectivity index (χ4n) is 3.60. The van der Waals surface area contributed by atoms with E-state index in [-0.39, 0.29) is 24.4 Å². The van der Waals surface area contributed by atoms with Gasteiger partial charge in [-0.1, -0.05) is 29.8 Å². The van der Waals surface area contributed by atoms with Gasteiger partial charge in [0.25, 0.3) is 0 Å². The zero-order valence-electron chi connectivity index (χ0n) is 16.3. The van der Waals surface area contributed by atoms with Crippen LogP contribution in [0.5, 0.6) is 0 Å². The molecule has 7 nitrogen and oxygen atoms in total. The molecule has 2 heterocycles. The first-order valence-electron chi connectivity index (χ1n) is 9.63. The van der Waals surface area contributed by atoms with Crippen LogP contribution in [0.25, 0.3) is 0 Å². The Hall–Kier alpha value is -2.12. The van der Waals surface area contributed by atoms with Gasteiger partial charge in [0.05, 0.1) is 13.2 Å². The summed E-state index contributed by atoms with van der Waals surface area (Å²) in [6.07, 6.45) is 0. The largest absolute Gasteiger partial charge is 0.380 e. The Bertz CT molecular complexity index is 666. The van der Waals surface area contributed by atoms with Gasteiger partial charge in [-0.3, -0.25) is 4.79 Å². The van der Waals surface area contributed by atoms with Crippen LogP contribution < -0.4 is 5.32 Å². The van der Waals surface area contributed by atoms with Crippen LogP contribution in [0.15, 0.2) is 24.3 Å². The van der Waals surface area contributed by atoms with Gasteiger partial charge < -0.3 is 24.8 Å². The normalized spacial score (nSPS) is 21.9. The molecule has 148 valence electrons. The van der Waals surface area contributed by atoms with Crippen LogP contribution in [0.3, 0.4) is 0 Å². The van der Waals surface area contributed by atoms with Crippen LogP contribution in [0.4, 0.5) is 4.79 Å². The summed E-state index contributed by atoms with van der Waals surface area (Å²) in [7, 11) is 2.07. The van der Waals surface area contributed by atoms with Gasteiger partial charge in [0.2, 0.25) is 5.91 Å². The van der Waals surface area contributed by atoms with Crippen molar-refractivity contribution in [3.05, 3.63) is 35.4 Å². The van der Waals surface area contributed by atoms with Crippen LogP contribution in [0.1, 0.15) is 11.1 Å². The maximum Gasteiger partial charge on any atom is 0.317 e. The topological polar surface area (TPSA) is 65.1 Å². The van der Waals surface area contributed by atoms with Gasteiger partial charge in [0, 0.05) is 45.2 Å². The summed E-state index contributed by atoms with van der Waals surface area (Å²) in [5, 5.41) is 2.97. The van der Waals surface area contributed by atoms with Crippen LogP contribution in [0, 0.1) is 12.8 Å². The summed E-state index contributed by atoms with van der Waals surface area (Å²) in [6.45, 7) is 7.70. The predicted octanol–water partition coefficient (Wildman–Crippen LogP) is 0.927. The number of carbonyl (C=O) groups is 2. The first-order chi connectivity index (χ1) is 13.0. The number of hydrogen-bond donors (Lipinski definition) is 1. The standard InChI is InChI=1S/C20H30N4O3/c1-16-4-3-5-17(10-16)13-23-6-7-24(14-19(23)25)20(26)21-11-18-12-22(2)8-9-27-15-18/h3-5,10,18H,6-9,11-15H2,1-2H3,(H,21,26). The second-order valence-corrected chi connectivity index (χ2v) is 7.62. The minimum atomic E-state index is -0.162. The van der Waals surface area contributed by atoms with Crippen molar-refractivity contribution in [3.63, 3.8) is 0 Å². The first-order valence-corrected chi connectivity index (χ1v) is 9.63. The molecule has 3 amide bonds. The van der Waals surface area contributed by atoms with Crippen LogP contribution >= 0.6 is 0 Å². The summed E-state index contributed by atoms with van der Waals surface area (Å²) in [6, 6.07) is 8.02. The Labute approximate surface area is 161 Å². The quantitative estimate of drug-likeness (QED) is 0.852. The highest BCUT2D eigenvalue weighted by molar-refractivity contribution is 5.85. The van der Waals surface area contributed by atoms with Gasteiger partial charge in [0.15, 0.2) is 0 Å². The fraction of sp³-hybridized carbons (Fsp3) is 0.600. The number of benzene rings is 1. The van der Waals surface area contributed by atoms with E-state index < -0.39 is 0 Å². The van der Waals surface area contributed by atoms with Crippen molar-refractivity contribution >= 4 is 11.9 Å². The van der Waals surface area contributed by atoms with E-state index in [9.17, 15) is 9.59 Å². The molecule has 1 aromatic carbocycles. The molecule has 0 radical (unpaired) electrons. The number of ether oxygens (including phenoxy) is 1. The Balaban J connectivity index is 1.45. The highest BCUT2D eigenvalue weighted by Crippen LogP contribution is 2.12. The van der Waals surface area contributed by atoms with E-state index in [1.807, 2.05) is 30.0 Å². The van der Waals surface area contributed by atoms with Gasteiger partial charge in [-0.15, -0.1) is 0 Å². The van der Waals surface area contributed by atoms with E-state index in [1.54, 1.807) is 4.90 Å². The zero-order valence-corrected chi connectivity index (χ0v) is 16.3. The molecule has 1 aromatic rings. The fourth-order valence-corrected chi connectivity index (χ4v) is 3.60. The van der Waals surface area contributed by atoms with Gasteiger partial charge >= 0.3 is 6.03 Å². The molecule has 3 rings (SSSR count). The lowest BCUT2D eigenvalue weighted by molar-refractivity contribution is -0.135. The molecular formula is C20H30N4O3. The van der Waals surface area contributed by atoms with Crippen LogP contribution in [0.2, 0.25) is 0 Å². The second-order valence-electron chi connectivity index (χ2n) is 7.62. The Morgan fingerprint density at radius 1 is 1.30 bits per heavy atom. The van der Waals surface area contributed by atoms with Crippen molar-refractivity contribution in [2.24, 2.45) is 5.92 Å². The maximum absolute atomic E-state index is 12.5. The molecule has 2 fully saturated rings. The van der Waals surface area contributed by atoms with Crippen molar-refractivity contribution in [1.29, 1.82) is 0 Å². The second kappa shape index (κ2) is 9.19. The molecule has 2 saturated heterocycles. The molecule has 27 heavy (non-hydrogen) atoms. The third-order valence-electron chi connectivity index (χ3n) is 5.14. The minimum absolute atomic E-state index is 0.00422. The van der Waals surface area contributed by atoms with Crippen LogP contribution in [-0.4, -0.2) is 86.2 Å². The Morgan fingerprint density at radius 2 is 2.15 bits per heavy atom. The molecule has 0 spiro atoms. The molecule has 1 N–H and O–H groups in total. The van der Waals surface area contributed by atoms with Crippen molar-refractivity contribution in [2.45, 2.75) is 13.5 Å². The van der Waals surface area contributed by atoms with Gasteiger partial charge in [-0.2, -0.15) is 0 Å². The highest BCUT2D eigenvalue weighted by Gasteiger charge is 2.27. The van der Waals surface area contributed by atoms with E-state index in [2.05, 4.69) is 23.3 Å². The smallest absolute Gasteiger partial charge is 0.317 e. The SMILES string of the molecule is Cc1cccc(CN2CCN(C(=O)NCC3COCCN(C)C3)CC2=O)c1. The molecule has 2 aliphatic heterocycles. The lowest BCUT2D eigenvalue weighted by Gasteiger charge is -2.34. The Morgan fingerprint density at radius 3 is 2.93 bits per heavy atom. The average molecular weight is 374 g/mol. The van der Waals surface area contributed by atoms with Crippen molar-refractivity contribution in [2.75, 3.05) is 59.5 Å². The molecule has 7 heteroatoms. The molecule has 2 aliphatic rings. The van der Waals surface area contributed by atoms with E-state index in [4.69, 9.17) is 4.74 Å². The third-order valence-corrected chi connectivity index (χ3v) is 5.14. The molecular weight excluding hydrogens is 344 g/mol. The average Bonchev–Trinajstić information content (AvgIpc) is 2.85. The number of rotatable bonds is 4. The maximum atomic E-state index is 12.5. The lowest BCUT2D eigenvalue weighted by atomic mass is 10.1. The summed E-state index contributed by atoms with van der Waals surface area (Å²) in [4.78, 5) is 30.6. The zero-order chi connectivity index (χ0) is 19.2. The third kappa shape index (κ3) is 5.68. The summed E-state index contributed by atoms with van der Waals surface area (Å²) >= 11 is 0. The molecule has 0 bridgehead atoms. The summed E-state index contributed by atoms with van der Waals surface area (Å²) in [5.74, 6) is 0.273. The number of amides is 3. The molecule has 1 atom stereocenters. The number of piperazine rings is 1. The minimum Gasteiger partial charge on any atom is -0.380 e. The van der Waals surface area contributed by atoms with E-state index >= 15 is 0 Å². The molecule has 1 unspecified atom stereocenters. The number of nitrogens with zero attached hydrogens (tertiary/aromatic N) is 3. The first kappa shape index (κ1) is 19.6. The Kier molecular flexibility index (Phi) is 6.68. The summed E-state index contributed by atoms with van der Waals surface area (Å²) in [5.41, 5.74) is 2.31. The highest BCUT2D eigenvalue weighted by atomic mass is 16.5. The van der Waals surface area contributed by atoms with Gasteiger partial charge in [-0.25, -0.2) is 4.79 Å². The molecule has 0 aromatic heterocycles. The van der Waals surface area contributed by atoms with Crippen molar-refractivity contribution in [1.82, 2.24) is 20.0 Å². The van der Waals surface area contributed by atoms with Gasteiger partial charge in [0.1, 0.15) is 6.54 Å². The number of urea groups is 1. The van der Waals surface area contributed by atoms with E-state index in [1.165, 1.54) is 5.56 Å². The molecule has 0 saturated carbocycles. The number of carbonyl (C=O) groups excluding carboxylic acids is 2. The van der Waals surface area contributed by atoms with Crippen LogP contribution in [-0.2, 0) is 16.1 Å². The number of nitrogens with one attached hydrogen (secondary N) is 1. The monoisotopic (exact) mass is 374 g/mol. The summed E-state index contributed by atoms with van der Waals surface area (Å²) < 4.78 is 5.58. The molecule has 0 aliphatic carbocycles. The van der Waals surface area contributed by atoms with Crippen molar-refractivity contribution in [3.8, 4) is 0 Å². The van der Waals surface area contributed by atoms with Gasteiger partial charge in [-0.05, 0) is 19.5 Å². The number of hydrogen-bond acceptors (Lipinski definition) is 4.